The van der Waals surface area contributed by atoms with Crippen LogP contribution in [0.2, 0.25) is 0 Å². The van der Waals surface area contributed by atoms with E-state index in [2.05, 4.69) is 0 Å². The Morgan fingerprint density at radius 1 is 0.763 bits per heavy atom. The number of rotatable bonds is 9. The van der Waals surface area contributed by atoms with E-state index in [4.69, 9.17) is 14.2 Å². The maximum absolute atomic E-state index is 12.4. The van der Waals surface area contributed by atoms with Gasteiger partial charge in [-0.15, -0.1) is 0 Å². The van der Waals surface area contributed by atoms with Crippen LogP contribution in [0, 0.1) is 0 Å². The Morgan fingerprint density at radius 2 is 1.24 bits per heavy atom. The van der Waals surface area contributed by atoms with Crippen LogP contribution in [-0.2, 0) is 14.2 Å². The summed E-state index contributed by atoms with van der Waals surface area (Å²) < 4.78 is 15.8. The first-order valence-corrected chi connectivity index (χ1v) is 12.3. The van der Waals surface area contributed by atoms with Gasteiger partial charge in [-0.25, -0.2) is 4.79 Å². The summed E-state index contributed by atoms with van der Waals surface area (Å²) in [5.74, 6) is -0.596. The molecule has 0 spiro atoms. The molecule has 0 aliphatic carbocycles. The first kappa shape index (κ1) is 30.3. The molecule has 212 valence electrons. The molecule has 1 aromatic rings. The van der Waals surface area contributed by atoms with Gasteiger partial charge >= 0.3 is 5.97 Å². The molecule has 2 aliphatic rings. The summed E-state index contributed by atoms with van der Waals surface area (Å²) >= 11 is 0. The van der Waals surface area contributed by atoms with E-state index in [1.165, 1.54) is 7.11 Å². The minimum absolute atomic E-state index is 0.128. The van der Waals surface area contributed by atoms with Gasteiger partial charge in [0, 0.05) is 0 Å². The molecule has 0 bridgehead atoms. The quantitative estimate of drug-likeness (QED) is 0.160. The predicted molar refractivity (Wildman–Crippen MR) is 133 cm³/mol. The Labute approximate surface area is 219 Å². The third kappa shape index (κ3) is 6.85. The largest absolute Gasteiger partial charge is 0.465 e. The Bertz CT molecular complexity index is 977. The molecule has 3 rings (SSSR count). The number of carbonyl (C=O) groups is 1. The maximum Gasteiger partial charge on any atom is 0.338 e. The van der Waals surface area contributed by atoms with E-state index in [9.17, 15) is 45.6 Å². The molecule has 2 aliphatic heterocycles. The number of aliphatic hydroxyl groups excluding tert-OH is 8. The van der Waals surface area contributed by atoms with Gasteiger partial charge < -0.3 is 55.1 Å². The molecule has 2 fully saturated rings. The Kier molecular flexibility index (Phi) is 10.9. The van der Waals surface area contributed by atoms with Gasteiger partial charge in [-0.05, 0) is 30.0 Å². The number of hydrogen-bond donors (Lipinski definition) is 8. The smallest absolute Gasteiger partial charge is 0.338 e. The average Bonchev–Trinajstić information content (AvgIpc) is 2.93. The normalized spacial score (nSPS) is 36.1. The van der Waals surface area contributed by atoms with E-state index in [1.807, 2.05) is 0 Å². The minimum Gasteiger partial charge on any atom is -0.465 e. The lowest BCUT2D eigenvalue weighted by Gasteiger charge is -2.39. The summed E-state index contributed by atoms with van der Waals surface area (Å²) in [5, 5.41) is 78.7. The second-order valence-corrected chi connectivity index (χ2v) is 9.35. The molecular formula is C26H36O12. The second-order valence-electron chi connectivity index (χ2n) is 9.35. The first-order valence-electron chi connectivity index (χ1n) is 12.3. The van der Waals surface area contributed by atoms with E-state index < -0.39 is 80.2 Å². The van der Waals surface area contributed by atoms with E-state index in [0.717, 1.165) is 0 Å². The van der Waals surface area contributed by atoms with Crippen molar-refractivity contribution in [2.24, 2.45) is 0 Å². The SMILES string of the molecule is COC(=O)c1cc(/C=C/C[C@H]2O[C@H](CO)[C@@H](O)[C@H](O)[C@H]2O)ccc1/C=C/C[C@H]1O[C@H](CO)[C@@H](O)[C@H](O)[C@@H]1O. The van der Waals surface area contributed by atoms with Crippen molar-refractivity contribution in [3.8, 4) is 0 Å². The van der Waals surface area contributed by atoms with Crippen LogP contribution in [0.15, 0.2) is 30.4 Å². The van der Waals surface area contributed by atoms with Crippen molar-refractivity contribution in [1.82, 2.24) is 0 Å². The topological polar surface area (TPSA) is 207 Å². The third-order valence-corrected chi connectivity index (χ3v) is 6.81. The molecule has 0 unspecified atom stereocenters. The summed E-state index contributed by atoms with van der Waals surface area (Å²) in [5.41, 5.74) is 1.38. The molecule has 10 atom stereocenters. The number of carbonyl (C=O) groups excluding carboxylic acids is 1. The lowest BCUT2D eigenvalue weighted by Crippen LogP contribution is -2.58. The van der Waals surface area contributed by atoms with E-state index in [-0.39, 0.29) is 18.4 Å². The number of hydrogen-bond acceptors (Lipinski definition) is 12. The van der Waals surface area contributed by atoms with Crippen LogP contribution in [0.1, 0.15) is 34.3 Å². The minimum atomic E-state index is -1.47. The van der Waals surface area contributed by atoms with Gasteiger partial charge in [0.2, 0.25) is 0 Å². The molecule has 8 N–H and O–H groups in total. The highest BCUT2D eigenvalue weighted by Gasteiger charge is 2.43. The zero-order valence-electron chi connectivity index (χ0n) is 20.9. The second kappa shape index (κ2) is 13.7. The molecule has 0 amide bonds. The zero-order chi connectivity index (χ0) is 28.0. The van der Waals surface area contributed by atoms with Crippen LogP contribution in [0.5, 0.6) is 0 Å². The summed E-state index contributed by atoms with van der Waals surface area (Å²) in [6.45, 7) is -1.04. The Hall–Kier alpha value is -2.23. The fourth-order valence-corrected chi connectivity index (χ4v) is 4.52. The van der Waals surface area contributed by atoms with Gasteiger partial charge in [0.05, 0.1) is 38.1 Å². The maximum atomic E-state index is 12.4. The highest BCUT2D eigenvalue weighted by molar-refractivity contribution is 5.94. The number of aliphatic hydroxyl groups is 8. The lowest BCUT2D eigenvalue weighted by molar-refractivity contribution is -0.227. The van der Waals surface area contributed by atoms with Gasteiger partial charge in [0.25, 0.3) is 0 Å². The summed E-state index contributed by atoms with van der Waals surface area (Å²) in [7, 11) is 1.24. The number of benzene rings is 1. The predicted octanol–water partition coefficient (Wildman–Crippen LogP) is -2.04. The van der Waals surface area contributed by atoms with Crippen molar-refractivity contribution >= 4 is 18.1 Å². The fourth-order valence-electron chi connectivity index (χ4n) is 4.52. The van der Waals surface area contributed by atoms with Gasteiger partial charge in [0.1, 0.15) is 48.8 Å². The van der Waals surface area contributed by atoms with Crippen molar-refractivity contribution < 1.29 is 59.9 Å². The molecule has 1 aromatic carbocycles. The van der Waals surface area contributed by atoms with Crippen molar-refractivity contribution in [3.63, 3.8) is 0 Å². The van der Waals surface area contributed by atoms with Crippen LogP contribution in [-0.4, -0.2) is 128 Å². The van der Waals surface area contributed by atoms with Gasteiger partial charge in [-0.3, -0.25) is 0 Å². The highest BCUT2D eigenvalue weighted by Crippen LogP contribution is 2.26. The van der Waals surface area contributed by atoms with E-state index >= 15 is 0 Å². The number of esters is 1. The van der Waals surface area contributed by atoms with Gasteiger partial charge in [0.15, 0.2) is 0 Å². The van der Waals surface area contributed by atoms with Crippen LogP contribution >= 0.6 is 0 Å². The molecule has 2 heterocycles. The van der Waals surface area contributed by atoms with E-state index in [1.54, 1.807) is 42.5 Å². The number of methoxy groups -OCH3 is 1. The Morgan fingerprint density at radius 3 is 1.71 bits per heavy atom. The van der Waals surface area contributed by atoms with Crippen molar-refractivity contribution in [3.05, 3.63) is 47.0 Å². The van der Waals surface area contributed by atoms with Crippen LogP contribution in [0.4, 0.5) is 0 Å². The molecule has 0 aromatic heterocycles. The molecule has 12 nitrogen and oxygen atoms in total. The monoisotopic (exact) mass is 540 g/mol. The highest BCUT2D eigenvalue weighted by atomic mass is 16.6. The Balaban J connectivity index is 1.69. The number of ether oxygens (including phenoxy) is 3. The van der Waals surface area contributed by atoms with Crippen molar-refractivity contribution in [2.45, 2.75) is 73.9 Å². The molecule has 0 radical (unpaired) electrons. The average molecular weight is 541 g/mol. The summed E-state index contributed by atoms with van der Waals surface area (Å²) in [4.78, 5) is 12.4. The summed E-state index contributed by atoms with van der Waals surface area (Å²) in [6.07, 6.45) is -5.38. The van der Waals surface area contributed by atoms with Crippen LogP contribution in [0.3, 0.4) is 0 Å². The lowest BCUT2D eigenvalue weighted by atomic mass is 9.93. The fraction of sp³-hybridized carbons (Fsp3) is 0.577. The van der Waals surface area contributed by atoms with Gasteiger partial charge in [-0.2, -0.15) is 0 Å². The van der Waals surface area contributed by atoms with Crippen LogP contribution in [0.25, 0.3) is 12.2 Å². The van der Waals surface area contributed by atoms with Crippen molar-refractivity contribution in [1.29, 1.82) is 0 Å². The van der Waals surface area contributed by atoms with Crippen molar-refractivity contribution in [2.75, 3.05) is 20.3 Å². The molecular weight excluding hydrogens is 504 g/mol. The molecule has 38 heavy (non-hydrogen) atoms. The van der Waals surface area contributed by atoms with Gasteiger partial charge in [-0.1, -0.05) is 36.4 Å². The van der Waals surface area contributed by atoms with Crippen LogP contribution < -0.4 is 0 Å². The third-order valence-electron chi connectivity index (χ3n) is 6.81. The summed E-state index contributed by atoms with van der Waals surface area (Å²) in [6, 6.07) is 4.98. The molecule has 12 heteroatoms. The standard InChI is InChI=1S/C26H36O12/c1-36-26(35)15-10-13(4-2-6-16-20(29)24(33)22(31)18(11-27)37-16)8-9-14(15)5-3-7-17-21(30)25(34)23(32)19(12-28)38-17/h2-5,8-10,16-25,27-34H,6-7,11-12H2,1H3/b4-2+,5-3+/t16-,17-,18-,19-,20+,21-,22-,23-,24-,25-/m1/s1. The molecule has 2 saturated heterocycles. The zero-order valence-corrected chi connectivity index (χ0v) is 20.9. The first-order chi connectivity index (χ1) is 18.1. The molecule has 0 saturated carbocycles. The van der Waals surface area contributed by atoms with E-state index in [0.29, 0.717) is 11.1 Å².